The number of hydrogen-bond donors (Lipinski definition) is 1. The third kappa shape index (κ3) is 4.37. The van der Waals surface area contributed by atoms with Gasteiger partial charge in [0.05, 0.1) is 16.5 Å². The molecule has 1 unspecified atom stereocenters. The van der Waals surface area contributed by atoms with Gasteiger partial charge in [-0.05, 0) is 42.5 Å². The smallest absolute Gasteiger partial charge is 0.322 e. The van der Waals surface area contributed by atoms with Crippen molar-refractivity contribution in [1.29, 1.82) is 0 Å². The van der Waals surface area contributed by atoms with Gasteiger partial charge in [-0.15, -0.1) is 16.4 Å². The van der Waals surface area contributed by atoms with Gasteiger partial charge in [-0.25, -0.2) is 8.42 Å². The molecule has 30 heavy (non-hydrogen) atoms. The first-order chi connectivity index (χ1) is 14.3. The first-order valence-electron chi connectivity index (χ1n) is 8.98. The minimum absolute atomic E-state index is 0.0840. The normalized spacial score (nSPS) is 17.7. The van der Waals surface area contributed by atoms with E-state index in [-0.39, 0.29) is 28.6 Å². The van der Waals surface area contributed by atoms with E-state index in [0.717, 1.165) is 11.3 Å². The second-order valence-corrected chi connectivity index (χ2v) is 10.6. The molecule has 8 nitrogen and oxygen atoms in total. The maximum Gasteiger partial charge on any atom is 0.322 e. The number of aromatic nitrogens is 2. The fourth-order valence-electron chi connectivity index (χ4n) is 3.17. The lowest BCUT2D eigenvalue weighted by Crippen LogP contribution is -2.43. The number of nitrogens with one attached hydrogen (secondary N) is 1. The highest BCUT2D eigenvalue weighted by atomic mass is 35.5. The van der Waals surface area contributed by atoms with Crippen molar-refractivity contribution < 1.29 is 17.6 Å². The van der Waals surface area contributed by atoms with Crippen molar-refractivity contribution in [3.8, 4) is 11.5 Å². The highest BCUT2D eigenvalue weighted by molar-refractivity contribution is 7.91. The second-order valence-electron chi connectivity index (χ2n) is 6.66. The highest BCUT2D eigenvalue weighted by Gasteiger charge is 2.34. The molecule has 0 spiro atoms. The van der Waals surface area contributed by atoms with Crippen LogP contribution in [0.2, 0.25) is 10.0 Å². The molecule has 0 radical (unpaired) electrons. The van der Waals surface area contributed by atoms with Crippen molar-refractivity contribution in [1.82, 2.24) is 14.5 Å². The van der Waals surface area contributed by atoms with Gasteiger partial charge in [0.2, 0.25) is 5.91 Å². The van der Waals surface area contributed by atoms with Gasteiger partial charge in [0.1, 0.15) is 4.21 Å². The lowest BCUT2D eigenvalue weighted by atomic mass is 9.99. The van der Waals surface area contributed by atoms with Gasteiger partial charge in [0, 0.05) is 18.1 Å². The summed E-state index contributed by atoms with van der Waals surface area (Å²) in [5, 5.41) is 12.8. The minimum atomic E-state index is -3.60. The fourth-order valence-corrected chi connectivity index (χ4v) is 6.32. The number of carbonyl (C=O) groups is 1. The lowest BCUT2D eigenvalue weighted by molar-refractivity contribution is -0.121. The molecule has 1 fully saturated rings. The summed E-state index contributed by atoms with van der Waals surface area (Å²) in [6, 6.07) is 7.98. The Morgan fingerprint density at radius 3 is 2.83 bits per heavy atom. The number of rotatable bonds is 5. The van der Waals surface area contributed by atoms with E-state index in [1.54, 1.807) is 35.7 Å². The SMILES string of the molecule is O=C(Nc1nnc(-c2ccc(Cl)cc2Cl)o1)C1CCCN(S(=O)(=O)c2cccs2)C1. The zero-order valence-electron chi connectivity index (χ0n) is 15.4. The van der Waals surface area contributed by atoms with E-state index in [1.807, 2.05) is 0 Å². The lowest BCUT2D eigenvalue weighted by Gasteiger charge is -2.30. The van der Waals surface area contributed by atoms with Crippen LogP contribution in [0, 0.1) is 5.92 Å². The molecule has 1 atom stereocenters. The van der Waals surface area contributed by atoms with E-state index in [1.165, 1.54) is 4.31 Å². The number of carbonyl (C=O) groups excluding carboxylic acids is 1. The molecular weight excluding hydrogens is 471 g/mol. The van der Waals surface area contributed by atoms with Crippen LogP contribution in [0.4, 0.5) is 6.01 Å². The van der Waals surface area contributed by atoms with Crippen LogP contribution in [0.15, 0.2) is 44.3 Å². The molecule has 0 bridgehead atoms. The molecule has 1 aliphatic heterocycles. The third-order valence-corrected chi connectivity index (χ3v) is 8.45. The molecule has 2 aromatic heterocycles. The van der Waals surface area contributed by atoms with Gasteiger partial charge in [-0.2, -0.15) is 4.31 Å². The number of benzene rings is 1. The van der Waals surface area contributed by atoms with Crippen LogP contribution in [0.1, 0.15) is 12.8 Å². The predicted octanol–water partition coefficient (Wildman–Crippen LogP) is 4.14. The highest BCUT2D eigenvalue weighted by Crippen LogP contribution is 2.31. The van der Waals surface area contributed by atoms with Crippen LogP contribution < -0.4 is 5.32 Å². The molecule has 1 aromatic carbocycles. The monoisotopic (exact) mass is 486 g/mol. The molecule has 1 N–H and O–H groups in total. The largest absolute Gasteiger partial charge is 0.403 e. The van der Waals surface area contributed by atoms with Gasteiger partial charge in [0.25, 0.3) is 15.9 Å². The summed E-state index contributed by atoms with van der Waals surface area (Å²) in [5.74, 6) is -0.765. The summed E-state index contributed by atoms with van der Waals surface area (Å²) in [6.45, 7) is 0.472. The van der Waals surface area contributed by atoms with Gasteiger partial charge >= 0.3 is 6.01 Å². The Labute approximate surface area is 186 Å². The van der Waals surface area contributed by atoms with E-state index < -0.39 is 15.9 Å². The summed E-state index contributed by atoms with van der Waals surface area (Å²) in [5.41, 5.74) is 0.486. The third-order valence-electron chi connectivity index (χ3n) is 4.66. The molecule has 12 heteroatoms. The van der Waals surface area contributed by atoms with E-state index in [2.05, 4.69) is 15.5 Å². The number of piperidine rings is 1. The Morgan fingerprint density at radius 2 is 2.10 bits per heavy atom. The summed E-state index contributed by atoms with van der Waals surface area (Å²) in [4.78, 5) is 12.7. The van der Waals surface area contributed by atoms with Crippen LogP contribution >= 0.6 is 34.5 Å². The van der Waals surface area contributed by atoms with Crippen LogP contribution in [-0.2, 0) is 14.8 Å². The maximum atomic E-state index is 12.7. The van der Waals surface area contributed by atoms with Crippen LogP contribution in [0.5, 0.6) is 0 Å². The van der Waals surface area contributed by atoms with E-state index in [4.69, 9.17) is 27.6 Å². The van der Waals surface area contributed by atoms with Crippen molar-refractivity contribution in [3.05, 3.63) is 45.8 Å². The number of thiophene rings is 1. The molecule has 4 rings (SSSR count). The predicted molar refractivity (Wildman–Crippen MR) is 114 cm³/mol. The van der Waals surface area contributed by atoms with E-state index in [0.29, 0.717) is 35.0 Å². The van der Waals surface area contributed by atoms with Gasteiger partial charge in [-0.1, -0.05) is 34.4 Å². The van der Waals surface area contributed by atoms with Crippen molar-refractivity contribution >= 4 is 56.5 Å². The fraction of sp³-hybridized carbons (Fsp3) is 0.278. The number of amides is 1. The van der Waals surface area contributed by atoms with Gasteiger partial charge < -0.3 is 4.42 Å². The molecular formula is C18H16Cl2N4O4S2. The van der Waals surface area contributed by atoms with Crippen LogP contribution in [0.25, 0.3) is 11.5 Å². The van der Waals surface area contributed by atoms with Gasteiger partial charge in [0.15, 0.2) is 0 Å². The van der Waals surface area contributed by atoms with Crippen molar-refractivity contribution in [3.63, 3.8) is 0 Å². The molecule has 3 aromatic rings. The van der Waals surface area contributed by atoms with Crippen LogP contribution in [0.3, 0.4) is 0 Å². The molecule has 158 valence electrons. The Balaban J connectivity index is 1.45. The molecule has 1 amide bonds. The number of anilines is 1. The van der Waals surface area contributed by atoms with E-state index >= 15 is 0 Å². The number of sulfonamides is 1. The zero-order chi connectivity index (χ0) is 21.3. The zero-order valence-corrected chi connectivity index (χ0v) is 18.6. The van der Waals surface area contributed by atoms with Crippen molar-refractivity contribution in [2.75, 3.05) is 18.4 Å². The minimum Gasteiger partial charge on any atom is -0.403 e. The van der Waals surface area contributed by atoms with Crippen molar-refractivity contribution in [2.45, 2.75) is 17.1 Å². The number of hydrogen-bond acceptors (Lipinski definition) is 7. The van der Waals surface area contributed by atoms with Crippen LogP contribution in [-0.4, -0.2) is 41.9 Å². The Morgan fingerprint density at radius 1 is 1.27 bits per heavy atom. The van der Waals surface area contributed by atoms with E-state index in [9.17, 15) is 13.2 Å². The number of nitrogens with zero attached hydrogens (tertiary/aromatic N) is 3. The number of halogens is 2. The Kier molecular flexibility index (Phi) is 6.12. The molecule has 0 saturated carbocycles. The summed E-state index contributed by atoms with van der Waals surface area (Å²) >= 11 is 13.2. The quantitative estimate of drug-likeness (QED) is 0.580. The molecule has 0 aliphatic carbocycles. The Bertz CT molecular complexity index is 1160. The summed E-state index contributed by atoms with van der Waals surface area (Å²) < 4.78 is 32.6. The summed E-state index contributed by atoms with van der Waals surface area (Å²) in [7, 11) is -3.60. The average molecular weight is 487 g/mol. The van der Waals surface area contributed by atoms with Crippen molar-refractivity contribution in [2.24, 2.45) is 5.92 Å². The van der Waals surface area contributed by atoms with Gasteiger partial charge in [-0.3, -0.25) is 10.1 Å². The molecule has 1 aliphatic rings. The first-order valence-corrected chi connectivity index (χ1v) is 12.1. The maximum absolute atomic E-state index is 12.7. The first kappa shape index (κ1) is 21.3. The summed E-state index contributed by atoms with van der Waals surface area (Å²) in [6.07, 6.45) is 1.14. The standard InChI is InChI=1S/C18H16Cl2N4O4S2/c19-12-5-6-13(14(20)9-12)17-22-23-18(28-17)21-16(25)11-3-1-7-24(10-11)30(26,27)15-4-2-8-29-15/h2,4-6,8-9,11H,1,3,7,10H2,(H,21,23,25). The Hall–Kier alpha value is -1.98. The molecule has 3 heterocycles. The topological polar surface area (TPSA) is 105 Å². The second kappa shape index (κ2) is 8.64. The molecule has 1 saturated heterocycles. The average Bonchev–Trinajstić information content (AvgIpc) is 3.41.